The molecule has 18 heavy (non-hydrogen) atoms. The predicted molar refractivity (Wildman–Crippen MR) is 63.2 cm³/mol. The Labute approximate surface area is 103 Å². The SMILES string of the molecule is Cn1nccc1NC(=O)Cn1cccc1C(=O)O. The fraction of sp³-hybridized carbons (Fsp3) is 0.182. The maximum Gasteiger partial charge on any atom is 0.352 e. The maximum atomic E-state index is 11.7. The van der Waals surface area contributed by atoms with Crippen molar-refractivity contribution in [1.29, 1.82) is 0 Å². The Hall–Kier alpha value is -2.57. The molecule has 94 valence electrons. The lowest BCUT2D eigenvalue weighted by Gasteiger charge is -2.07. The molecule has 2 aromatic heterocycles. The third-order valence-electron chi connectivity index (χ3n) is 2.45. The average molecular weight is 248 g/mol. The van der Waals surface area contributed by atoms with Crippen molar-refractivity contribution in [2.75, 3.05) is 5.32 Å². The van der Waals surface area contributed by atoms with E-state index in [1.807, 2.05) is 0 Å². The molecule has 2 heterocycles. The summed E-state index contributed by atoms with van der Waals surface area (Å²) < 4.78 is 2.89. The molecule has 0 aliphatic rings. The molecule has 0 bridgehead atoms. The number of carbonyl (C=O) groups excluding carboxylic acids is 1. The first kappa shape index (κ1) is 11.9. The number of anilines is 1. The van der Waals surface area contributed by atoms with Gasteiger partial charge in [-0.15, -0.1) is 0 Å². The van der Waals surface area contributed by atoms with Crippen LogP contribution in [0, 0.1) is 0 Å². The standard InChI is InChI=1S/C11H12N4O3/c1-14-9(4-5-12-14)13-10(16)7-15-6-2-3-8(15)11(17)18/h2-6H,7H2,1H3,(H,13,16)(H,17,18). The summed E-state index contributed by atoms with van der Waals surface area (Å²) in [5.74, 6) is -0.810. The number of amides is 1. The summed E-state index contributed by atoms with van der Waals surface area (Å²) in [6, 6.07) is 4.69. The number of aromatic carboxylic acids is 1. The normalized spacial score (nSPS) is 10.3. The van der Waals surface area contributed by atoms with Gasteiger partial charge < -0.3 is 15.0 Å². The molecule has 0 atom stereocenters. The van der Waals surface area contributed by atoms with E-state index in [0.717, 1.165) is 0 Å². The van der Waals surface area contributed by atoms with Gasteiger partial charge >= 0.3 is 5.97 Å². The van der Waals surface area contributed by atoms with Crippen LogP contribution in [0.15, 0.2) is 30.6 Å². The molecule has 0 spiro atoms. The first-order valence-electron chi connectivity index (χ1n) is 5.24. The van der Waals surface area contributed by atoms with Crippen molar-refractivity contribution in [2.24, 2.45) is 7.05 Å². The summed E-state index contributed by atoms with van der Waals surface area (Å²) in [5, 5.41) is 15.5. The number of carboxylic acid groups (broad SMARTS) is 1. The van der Waals surface area contributed by atoms with Gasteiger partial charge in [0.2, 0.25) is 5.91 Å². The Morgan fingerprint density at radius 2 is 2.22 bits per heavy atom. The number of rotatable bonds is 4. The van der Waals surface area contributed by atoms with E-state index in [-0.39, 0.29) is 18.1 Å². The van der Waals surface area contributed by atoms with Gasteiger partial charge in [0, 0.05) is 19.3 Å². The third-order valence-corrected chi connectivity index (χ3v) is 2.45. The quantitative estimate of drug-likeness (QED) is 0.827. The summed E-state index contributed by atoms with van der Waals surface area (Å²) in [5.41, 5.74) is 0.0788. The van der Waals surface area contributed by atoms with Gasteiger partial charge in [-0.05, 0) is 12.1 Å². The highest BCUT2D eigenvalue weighted by molar-refractivity contribution is 5.91. The monoisotopic (exact) mass is 248 g/mol. The second-order valence-corrected chi connectivity index (χ2v) is 3.71. The highest BCUT2D eigenvalue weighted by Gasteiger charge is 2.12. The molecule has 0 aliphatic heterocycles. The van der Waals surface area contributed by atoms with Crippen molar-refractivity contribution in [2.45, 2.75) is 6.54 Å². The van der Waals surface area contributed by atoms with E-state index in [1.165, 1.54) is 15.3 Å². The van der Waals surface area contributed by atoms with E-state index in [0.29, 0.717) is 5.82 Å². The second kappa shape index (κ2) is 4.74. The number of nitrogens with zero attached hydrogens (tertiary/aromatic N) is 3. The molecule has 2 aromatic rings. The van der Waals surface area contributed by atoms with Crippen LogP contribution in [-0.2, 0) is 18.4 Å². The minimum atomic E-state index is -1.06. The molecule has 2 rings (SSSR count). The largest absolute Gasteiger partial charge is 0.477 e. The summed E-state index contributed by atoms with van der Waals surface area (Å²) in [7, 11) is 1.70. The summed E-state index contributed by atoms with van der Waals surface area (Å²) in [6.45, 7) is -0.0557. The lowest BCUT2D eigenvalue weighted by atomic mass is 10.4. The molecule has 0 aromatic carbocycles. The second-order valence-electron chi connectivity index (χ2n) is 3.71. The minimum absolute atomic E-state index is 0.0557. The van der Waals surface area contributed by atoms with Crippen LogP contribution in [0.2, 0.25) is 0 Å². The highest BCUT2D eigenvalue weighted by atomic mass is 16.4. The number of carboxylic acids is 1. The van der Waals surface area contributed by atoms with Crippen molar-refractivity contribution in [3.63, 3.8) is 0 Å². The summed E-state index contributed by atoms with van der Waals surface area (Å²) in [4.78, 5) is 22.6. The van der Waals surface area contributed by atoms with Crippen molar-refractivity contribution in [3.05, 3.63) is 36.3 Å². The molecule has 1 amide bonds. The highest BCUT2D eigenvalue weighted by Crippen LogP contribution is 2.06. The van der Waals surface area contributed by atoms with Gasteiger partial charge in [-0.3, -0.25) is 9.48 Å². The minimum Gasteiger partial charge on any atom is -0.477 e. The molecule has 0 aliphatic carbocycles. The number of hydrogen-bond acceptors (Lipinski definition) is 3. The summed E-state index contributed by atoms with van der Waals surface area (Å²) >= 11 is 0. The van der Waals surface area contributed by atoms with E-state index in [4.69, 9.17) is 5.11 Å². The molecule has 0 saturated heterocycles. The molecular weight excluding hydrogens is 236 g/mol. The van der Waals surface area contributed by atoms with Crippen LogP contribution < -0.4 is 5.32 Å². The number of aromatic nitrogens is 3. The topological polar surface area (TPSA) is 89.2 Å². The molecule has 7 heteroatoms. The maximum absolute atomic E-state index is 11.7. The van der Waals surface area contributed by atoms with Gasteiger partial charge in [0.25, 0.3) is 0 Å². The zero-order valence-electron chi connectivity index (χ0n) is 9.70. The fourth-order valence-electron chi connectivity index (χ4n) is 1.58. The third kappa shape index (κ3) is 2.40. The number of nitrogens with one attached hydrogen (secondary N) is 1. The molecule has 0 radical (unpaired) electrons. The van der Waals surface area contributed by atoms with Crippen LogP contribution in [0.5, 0.6) is 0 Å². The van der Waals surface area contributed by atoms with Gasteiger partial charge in [0.15, 0.2) is 0 Å². The predicted octanol–water partition coefficient (Wildman–Crippen LogP) is 0.558. The van der Waals surface area contributed by atoms with Gasteiger partial charge in [-0.2, -0.15) is 5.10 Å². The molecule has 0 fully saturated rings. The molecular formula is C11H12N4O3. The Morgan fingerprint density at radius 1 is 1.44 bits per heavy atom. The summed E-state index contributed by atoms with van der Waals surface area (Å²) in [6.07, 6.45) is 3.11. The van der Waals surface area contributed by atoms with Crippen LogP contribution in [0.25, 0.3) is 0 Å². The van der Waals surface area contributed by atoms with Crippen LogP contribution in [-0.4, -0.2) is 31.3 Å². The zero-order valence-corrected chi connectivity index (χ0v) is 9.70. The fourth-order valence-corrected chi connectivity index (χ4v) is 1.58. The molecule has 0 saturated carbocycles. The van der Waals surface area contributed by atoms with Gasteiger partial charge in [-0.25, -0.2) is 4.79 Å². The van der Waals surface area contributed by atoms with Crippen LogP contribution in [0.3, 0.4) is 0 Å². The van der Waals surface area contributed by atoms with Crippen molar-refractivity contribution < 1.29 is 14.7 Å². The Morgan fingerprint density at radius 3 is 2.83 bits per heavy atom. The Bertz CT molecular complexity index is 585. The van der Waals surface area contributed by atoms with Crippen molar-refractivity contribution in [1.82, 2.24) is 14.3 Å². The van der Waals surface area contributed by atoms with E-state index in [1.54, 1.807) is 31.6 Å². The van der Waals surface area contributed by atoms with Gasteiger partial charge in [0.05, 0.1) is 6.20 Å². The van der Waals surface area contributed by atoms with Crippen molar-refractivity contribution >= 4 is 17.7 Å². The van der Waals surface area contributed by atoms with E-state index < -0.39 is 5.97 Å². The van der Waals surface area contributed by atoms with E-state index in [9.17, 15) is 9.59 Å². The molecule has 2 N–H and O–H groups in total. The van der Waals surface area contributed by atoms with E-state index >= 15 is 0 Å². The first-order chi connectivity index (χ1) is 8.58. The molecule has 7 nitrogen and oxygen atoms in total. The lowest BCUT2D eigenvalue weighted by Crippen LogP contribution is -2.22. The number of aryl methyl sites for hydroxylation is 1. The smallest absolute Gasteiger partial charge is 0.352 e. The van der Waals surface area contributed by atoms with Crippen LogP contribution >= 0.6 is 0 Å². The van der Waals surface area contributed by atoms with Gasteiger partial charge in [-0.1, -0.05) is 0 Å². The Balaban J connectivity index is 2.06. The van der Waals surface area contributed by atoms with Gasteiger partial charge in [0.1, 0.15) is 18.1 Å². The molecule has 0 unspecified atom stereocenters. The van der Waals surface area contributed by atoms with Crippen LogP contribution in [0.1, 0.15) is 10.5 Å². The van der Waals surface area contributed by atoms with Crippen molar-refractivity contribution in [3.8, 4) is 0 Å². The lowest BCUT2D eigenvalue weighted by molar-refractivity contribution is -0.116. The zero-order chi connectivity index (χ0) is 13.1. The first-order valence-corrected chi connectivity index (χ1v) is 5.24. The van der Waals surface area contributed by atoms with E-state index in [2.05, 4.69) is 10.4 Å². The Kier molecular flexibility index (Phi) is 3.13. The number of carbonyl (C=O) groups is 2. The average Bonchev–Trinajstić information content (AvgIpc) is 2.89. The number of hydrogen-bond donors (Lipinski definition) is 2. The van der Waals surface area contributed by atoms with Crippen LogP contribution in [0.4, 0.5) is 5.82 Å².